The van der Waals surface area contributed by atoms with E-state index in [2.05, 4.69) is 16.2 Å². The molecule has 2 saturated heterocycles. The van der Waals surface area contributed by atoms with Gasteiger partial charge in [-0.1, -0.05) is 35.9 Å². The van der Waals surface area contributed by atoms with E-state index in [-0.39, 0.29) is 36.7 Å². The maximum Gasteiger partial charge on any atom is 0.340 e. The first kappa shape index (κ1) is 21.6. The fourth-order valence-corrected chi connectivity index (χ4v) is 4.51. The molecule has 33 heavy (non-hydrogen) atoms. The van der Waals surface area contributed by atoms with Crippen molar-refractivity contribution in [3.05, 3.63) is 77.1 Å². The van der Waals surface area contributed by atoms with Crippen LogP contribution in [-0.4, -0.2) is 52.7 Å². The summed E-state index contributed by atoms with van der Waals surface area (Å²) < 4.78 is 5.14. The van der Waals surface area contributed by atoms with Gasteiger partial charge in [0, 0.05) is 24.0 Å². The summed E-state index contributed by atoms with van der Waals surface area (Å²) in [5.41, 5.74) is 8.78. The van der Waals surface area contributed by atoms with Crippen LogP contribution in [0.25, 0.3) is 0 Å². The molecule has 0 spiro atoms. The van der Waals surface area contributed by atoms with Crippen molar-refractivity contribution in [1.29, 1.82) is 0 Å². The van der Waals surface area contributed by atoms with Crippen LogP contribution in [0.2, 0.25) is 5.02 Å². The van der Waals surface area contributed by atoms with Crippen molar-refractivity contribution in [2.45, 2.75) is 31.2 Å². The average molecular weight is 469 g/mol. The summed E-state index contributed by atoms with van der Waals surface area (Å²) in [5, 5.41) is 6.95. The summed E-state index contributed by atoms with van der Waals surface area (Å²) in [7, 11) is 1.61. The molecule has 3 N–H and O–H groups in total. The van der Waals surface area contributed by atoms with Gasteiger partial charge >= 0.3 is 6.03 Å². The zero-order valence-corrected chi connectivity index (χ0v) is 18.8. The summed E-state index contributed by atoms with van der Waals surface area (Å²) in [4.78, 5) is 27.0. The van der Waals surface area contributed by atoms with Gasteiger partial charge in [-0.2, -0.15) is 0 Å². The van der Waals surface area contributed by atoms with Crippen molar-refractivity contribution in [1.82, 2.24) is 31.1 Å². The molecule has 172 valence electrons. The van der Waals surface area contributed by atoms with Crippen LogP contribution in [0, 0.1) is 0 Å². The molecule has 0 aromatic heterocycles. The Labute approximate surface area is 196 Å². The van der Waals surface area contributed by atoms with E-state index in [4.69, 9.17) is 16.3 Å². The first-order chi connectivity index (χ1) is 16.0. The molecule has 3 unspecified atom stereocenters. The number of rotatable bonds is 6. The highest BCUT2D eigenvalue weighted by molar-refractivity contribution is 6.30. The van der Waals surface area contributed by atoms with E-state index >= 15 is 0 Å². The summed E-state index contributed by atoms with van der Waals surface area (Å²) in [5.74, 6) is 0.520. The summed E-state index contributed by atoms with van der Waals surface area (Å²) in [6, 6.07) is 15.1. The Kier molecular flexibility index (Phi) is 5.84. The van der Waals surface area contributed by atoms with Crippen LogP contribution in [0.1, 0.15) is 23.6 Å². The number of hydrogen-bond acceptors (Lipinski definition) is 6. The van der Waals surface area contributed by atoms with Crippen molar-refractivity contribution in [3.63, 3.8) is 0 Å². The highest BCUT2D eigenvalue weighted by atomic mass is 35.5. The lowest BCUT2D eigenvalue weighted by Gasteiger charge is -2.34. The van der Waals surface area contributed by atoms with E-state index in [0.717, 1.165) is 23.3 Å². The van der Waals surface area contributed by atoms with Crippen LogP contribution in [0.4, 0.5) is 4.79 Å². The third kappa shape index (κ3) is 4.35. The molecule has 2 fully saturated rings. The zero-order valence-electron chi connectivity index (χ0n) is 18.1. The smallest absolute Gasteiger partial charge is 0.340 e. The van der Waals surface area contributed by atoms with Crippen LogP contribution in [0.5, 0.6) is 5.75 Å². The number of carbonyl (C=O) groups is 2. The molecule has 0 bridgehead atoms. The largest absolute Gasteiger partial charge is 0.497 e. The van der Waals surface area contributed by atoms with Gasteiger partial charge < -0.3 is 15.1 Å². The SMILES string of the molecule is COc1ccc(CNC(=O)CN2NC3C4CC(c5ccc(Cl)cc5)NN4C=CN3C2=O)cc1. The molecule has 9 nitrogen and oxygen atoms in total. The van der Waals surface area contributed by atoms with Crippen molar-refractivity contribution < 1.29 is 14.3 Å². The normalized spacial score (nSPS) is 23.5. The standard InChI is InChI=1S/C23H25ClN6O3/c1-33-18-8-2-15(3-9-18)13-25-21(31)14-30-23(32)28-10-11-29-20(22(28)27-30)12-19(26-29)16-4-6-17(24)7-5-16/h2-11,19-20,22,26-27H,12-14H2,1H3,(H,25,31). The van der Waals surface area contributed by atoms with Gasteiger partial charge in [-0.25, -0.2) is 20.7 Å². The van der Waals surface area contributed by atoms with E-state index in [1.807, 2.05) is 59.7 Å². The maximum absolute atomic E-state index is 12.9. The molecule has 3 amide bonds. The van der Waals surface area contributed by atoms with Crippen LogP contribution >= 0.6 is 11.6 Å². The van der Waals surface area contributed by atoms with Gasteiger partial charge in [0.2, 0.25) is 5.91 Å². The summed E-state index contributed by atoms with van der Waals surface area (Å²) >= 11 is 6.02. The predicted molar refractivity (Wildman–Crippen MR) is 122 cm³/mol. The minimum Gasteiger partial charge on any atom is -0.497 e. The minimum absolute atomic E-state index is 0.0204. The number of methoxy groups -OCH3 is 1. The van der Waals surface area contributed by atoms with Gasteiger partial charge in [0.1, 0.15) is 18.5 Å². The first-order valence-corrected chi connectivity index (χ1v) is 11.1. The van der Waals surface area contributed by atoms with E-state index in [9.17, 15) is 9.59 Å². The van der Waals surface area contributed by atoms with E-state index < -0.39 is 0 Å². The Morgan fingerprint density at radius 2 is 1.88 bits per heavy atom. The fourth-order valence-electron chi connectivity index (χ4n) is 4.39. The van der Waals surface area contributed by atoms with Gasteiger partial charge in [0.25, 0.3) is 0 Å². The number of amides is 3. The van der Waals surface area contributed by atoms with Crippen LogP contribution in [0.15, 0.2) is 60.9 Å². The minimum atomic E-state index is -0.262. The quantitative estimate of drug-likeness (QED) is 0.603. The van der Waals surface area contributed by atoms with Crippen molar-refractivity contribution in [2.24, 2.45) is 0 Å². The number of urea groups is 1. The van der Waals surface area contributed by atoms with Crippen molar-refractivity contribution in [3.8, 4) is 5.75 Å². The van der Waals surface area contributed by atoms with Crippen molar-refractivity contribution in [2.75, 3.05) is 13.7 Å². The third-order valence-corrected chi connectivity index (χ3v) is 6.41. The number of ether oxygens (including phenoxy) is 1. The van der Waals surface area contributed by atoms with Crippen molar-refractivity contribution >= 4 is 23.5 Å². The topological polar surface area (TPSA) is 89.2 Å². The van der Waals surface area contributed by atoms with Gasteiger partial charge in [0.05, 0.1) is 19.2 Å². The summed E-state index contributed by atoms with van der Waals surface area (Å²) in [6.07, 6.45) is 4.14. The molecule has 3 aliphatic rings. The third-order valence-electron chi connectivity index (χ3n) is 6.15. The second-order valence-electron chi connectivity index (χ2n) is 8.22. The van der Waals surface area contributed by atoms with E-state index in [1.54, 1.807) is 18.2 Å². The molecule has 3 heterocycles. The van der Waals surface area contributed by atoms with Gasteiger partial charge in [-0.3, -0.25) is 9.69 Å². The molecule has 5 rings (SSSR count). The Morgan fingerprint density at radius 1 is 1.12 bits per heavy atom. The first-order valence-electron chi connectivity index (χ1n) is 10.8. The van der Waals surface area contributed by atoms with Gasteiger partial charge in [-0.05, 0) is 41.8 Å². The maximum atomic E-state index is 12.9. The number of fused-ring (bicyclic) bond motifs is 3. The van der Waals surface area contributed by atoms with E-state index in [0.29, 0.717) is 11.6 Å². The number of nitrogens with one attached hydrogen (secondary N) is 3. The number of hydrazine groups is 2. The molecule has 0 aliphatic carbocycles. The fraction of sp³-hybridized carbons (Fsp3) is 0.304. The molecule has 3 aliphatic heterocycles. The summed E-state index contributed by atoms with van der Waals surface area (Å²) in [6.45, 7) is 0.303. The van der Waals surface area contributed by atoms with Crippen LogP contribution in [-0.2, 0) is 11.3 Å². The molecule has 0 saturated carbocycles. The highest BCUT2D eigenvalue weighted by Crippen LogP contribution is 2.34. The molecule has 10 heteroatoms. The lowest BCUT2D eigenvalue weighted by atomic mass is 10.00. The van der Waals surface area contributed by atoms with Gasteiger partial charge in [0.15, 0.2) is 0 Å². The molecular formula is C23H25ClN6O3. The second-order valence-corrected chi connectivity index (χ2v) is 8.65. The highest BCUT2D eigenvalue weighted by Gasteiger charge is 2.48. The number of carbonyl (C=O) groups excluding carboxylic acids is 2. The molecule has 2 aromatic rings. The molecule has 2 aromatic carbocycles. The van der Waals surface area contributed by atoms with Gasteiger partial charge in [-0.15, -0.1) is 0 Å². The predicted octanol–water partition coefficient (Wildman–Crippen LogP) is 2.34. The molecular weight excluding hydrogens is 444 g/mol. The second kappa shape index (κ2) is 8.93. The number of hydrogen-bond donors (Lipinski definition) is 3. The monoisotopic (exact) mass is 468 g/mol. The number of nitrogens with zero attached hydrogens (tertiary/aromatic N) is 3. The number of halogens is 1. The zero-order chi connectivity index (χ0) is 22.9. The van der Waals surface area contributed by atoms with Crippen LogP contribution in [0.3, 0.4) is 0 Å². The Morgan fingerprint density at radius 3 is 2.61 bits per heavy atom. The average Bonchev–Trinajstić information content (AvgIpc) is 3.40. The molecule has 0 radical (unpaired) electrons. The van der Waals surface area contributed by atoms with E-state index in [1.165, 1.54) is 5.01 Å². The van der Waals surface area contributed by atoms with Crippen LogP contribution < -0.4 is 20.9 Å². The Bertz CT molecular complexity index is 1060. The Hall–Kier alpha value is -3.27. The number of benzene rings is 2. The lowest BCUT2D eigenvalue weighted by Crippen LogP contribution is -2.54. The molecule has 3 atom stereocenters. The Balaban J connectivity index is 1.19. The lowest BCUT2D eigenvalue weighted by molar-refractivity contribution is -0.122.